The molecule has 2 aromatic rings. The Bertz CT molecular complexity index is 1150. The van der Waals surface area contributed by atoms with Crippen molar-refractivity contribution in [3.05, 3.63) is 71.8 Å². The number of methoxy groups -OCH3 is 1. The number of aryl methyl sites for hydroxylation is 1. The Morgan fingerprint density at radius 1 is 0.970 bits per heavy atom. The van der Waals surface area contributed by atoms with Crippen molar-refractivity contribution in [1.29, 1.82) is 0 Å². The van der Waals surface area contributed by atoms with Crippen molar-refractivity contribution in [3.8, 4) is 5.75 Å². The van der Waals surface area contributed by atoms with E-state index >= 15 is 0 Å². The Morgan fingerprint density at radius 3 is 2.18 bits per heavy atom. The molecule has 7 rings (SSSR count). The minimum absolute atomic E-state index is 0.0978. The number of benzene rings is 2. The maximum absolute atomic E-state index is 13.7. The average Bonchev–Trinajstić information content (AvgIpc) is 3.63. The van der Waals surface area contributed by atoms with E-state index in [0.717, 1.165) is 12.0 Å². The second-order valence-corrected chi connectivity index (χ2v) is 9.67. The zero-order valence-corrected chi connectivity index (χ0v) is 18.7. The van der Waals surface area contributed by atoms with Crippen LogP contribution in [0.2, 0.25) is 0 Å². The fourth-order valence-electron chi connectivity index (χ4n) is 6.25. The molecule has 0 aromatic heterocycles. The molecule has 6 heteroatoms. The third kappa shape index (κ3) is 2.96. The summed E-state index contributed by atoms with van der Waals surface area (Å²) >= 11 is 0. The molecule has 6 atom stereocenters. The molecule has 0 radical (unpaired) electrons. The number of rotatable bonds is 5. The van der Waals surface area contributed by atoms with Gasteiger partial charge in [0.15, 0.2) is 0 Å². The number of allylic oxidation sites excluding steroid dienone is 2. The van der Waals surface area contributed by atoms with Crippen LogP contribution in [0.25, 0.3) is 0 Å². The van der Waals surface area contributed by atoms with Gasteiger partial charge in [-0.05, 0) is 61.3 Å². The van der Waals surface area contributed by atoms with Crippen molar-refractivity contribution in [2.75, 3.05) is 18.7 Å². The lowest BCUT2D eigenvalue weighted by Gasteiger charge is -2.37. The third-order valence-corrected chi connectivity index (χ3v) is 7.97. The Morgan fingerprint density at radius 2 is 1.58 bits per heavy atom. The van der Waals surface area contributed by atoms with E-state index in [9.17, 15) is 14.4 Å². The van der Waals surface area contributed by atoms with Crippen molar-refractivity contribution in [1.82, 2.24) is 4.90 Å². The summed E-state index contributed by atoms with van der Waals surface area (Å²) in [7, 11) is 1.52. The molecule has 3 amide bonds. The van der Waals surface area contributed by atoms with E-state index < -0.39 is 0 Å². The zero-order valence-electron chi connectivity index (χ0n) is 18.7. The van der Waals surface area contributed by atoms with Crippen LogP contribution in [0.15, 0.2) is 60.7 Å². The van der Waals surface area contributed by atoms with Gasteiger partial charge in [0.1, 0.15) is 12.4 Å². The number of ether oxygens (including phenoxy) is 1. The molecule has 5 aliphatic rings. The van der Waals surface area contributed by atoms with Gasteiger partial charge in [-0.3, -0.25) is 24.2 Å². The molecule has 33 heavy (non-hydrogen) atoms. The number of anilines is 1. The maximum atomic E-state index is 13.7. The van der Waals surface area contributed by atoms with Gasteiger partial charge in [0, 0.05) is 5.69 Å². The lowest BCUT2D eigenvalue weighted by atomic mass is 9.63. The number of para-hydroxylation sites is 1. The van der Waals surface area contributed by atoms with Crippen LogP contribution < -0.4 is 9.64 Å². The van der Waals surface area contributed by atoms with E-state index in [2.05, 4.69) is 12.2 Å². The number of carbonyl (C=O) groups is 3. The Balaban J connectivity index is 1.35. The Kier molecular flexibility index (Phi) is 4.47. The topological polar surface area (TPSA) is 66.9 Å². The number of likely N-dealkylation sites (tertiary alicyclic amines) is 1. The van der Waals surface area contributed by atoms with Crippen LogP contribution in [0.4, 0.5) is 5.69 Å². The summed E-state index contributed by atoms with van der Waals surface area (Å²) in [5.41, 5.74) is 2.08. The lowest BCUT2D eigenvalue weighted by molar-refractivity contribution is -0.140. The second kappa shape index (κ2) is 7.30. The van der Waals surface area contributed by atoms with E-state index in [-0.39, 0.29) is 48.1 Å². The largest absolute Gasteiger partial charge is 0.496 e. The number of hydrogen-bond donors (Lipinski definition) is 0. The van der Waals surface area contributed by atoms with Gasteiger partial charge in [-0.25, -0.2) is 0 Å². The monoisotopic (exact) mass is 442 g/mol. The molecule has 0 N–H and O–H groups in total. The number of amides is 3. The normalized spacial score (nSPS) is 30.8. The van der Waals surface area contributed by atoms with Gasteiger partial charge in [-0.2, -0.15) is 0 Å². The van der Waals surface area contributed by atoms with Crippen LogP contribution in [0.5, 0.6) is 5.75 Å². The minimum atomic E-state index is -0.310. The first-order valence-corrected chi connectivity index (χ1v) is 11.5. The van der Waals surface area contributed by atoms with Crippen LogP contribution in [-0.2, 0) is 9.59 Å². The third-order valence-electron chi connectivity index (χ3n) is 7.97. The molecular formula is C27H26N2O4. The van der Waals surface area contributed by atoms with Crippen LogP contribution >= 0.6 is 0 Å². The molecule has 1 heterocycles. The molecule has 2 aromatic carbocycles. The van der Waals surface area contributed by atoms with Gasteiger partial charge in [0.2, 0.25) is 11.8 Å². The molecule has 1 saturated heterocycles. The molecule has 4 aliphatic carbocycles. The smallest absolute Gasteiger partial charge is 0.263 e. The quantitative estimate of drug-likeness (QED) is 0.524. The summed E-state index contributed by atoms with van der Waals surface area (Å²) < 4.78 is 5.41. The average molecular weight is 443 g/mol. The summed E-state index contributed by atoms with van der Waals surface area (Å²) in [5.74, 6) is 0.704. The molecule has 2 saturated carbocycles. The zero-order chi connectivity index (χ0) is 22.9. The fourth-order valence-corrected chi connectivity index (χ4v) is 6.25. The molecule has 2 bridgehead atoms. The molecule has 3 fully saturated rings. The molecule has 6 nitrogen and oxygen atoms in total. The first kappa shape index (κ1) is 20.2. The van der Waals surface area contributed by atoms with Crippen LogP contribution in [0.1, 0.15) is 22.3 Å². The van der Waals surface area contributed by atoms with E-state index in [4.69, 9.17) is 4.74 Å². The van der Waals surface area contributed by atoms with Gasteiger partial charge >= 0.3 is 0 Å². The van der Waals surface area contributed by atoms with Crippen molar-refractivity contribution >= 4 is 23.4 Å². The number of carbonyl (C=O) groups excluding carboxylic acids is 3. The number of hydrogen-bond acceptors (Lipinski definition) is 4. The highest BCUT2D eigenvalue weighted by Gasteiger charge is 2.67. The summed E-state index contributed by atoms with van der Waals surface area (Å²) in [6.07, 6.45) is 5.44. The molecule has 168 valence electrons. The second-order valence-electron chi connectivity index (χ2n) is 9.67. The summed E-state index contributed by atoms with van der Waals surface area (Å²) in [4.78, 5) is 43.6. The van der Waals surface area contributed by atoms with E-state index in [1.165, 1.54) is 16.9 Å². The molecule has 1 aliphatic heterocycles. The van der Waals surface area contributed by atoms with Gasteiger partial charge in [0.05, 0.1) is 24.5 Å². The van der Waals surface area contributed by atoms with E-state index in [1.54, 1.807) is 24.3 Å². The highest BCUT2D eigenvalue weighted by molar-refractivity contribution is 6.10. The summed E-state index contributed by atoms with van der Waals surface area (Å²) in [5, 5.41) is 0. The number of imide groups is 1. The van der Waals surface area contributed by atoms with Crippen molar-refractivity contribution in [2.24, 2.45) is 35.5 Å². The first-order valence-electron chi connectivity index (χ1n) is 11.5. The Labute approximate surface area is 192 Å². The first-order chi connectivity index (χ1) is 16.0. The molecule has 0 spiro atoms. The number of nitrogens with zero attached hydrogens (tertiary/aromatic N) is 2. The van der Waals surface area contributed by atoms with Gasteiger partial charge in [-0.15, -0.1) is 0 Å². The molecular weight excluding hydrogens is 416 g/mol. The maximum Gasteiger partial charge on any atom is 0.263 e. The SMILES string of the molecule is COc1ccccc1C(=O)N(CN1C(=O)C2C3C=CC(C4CC34)C2C1=O)c1ccc(C)cc1. The Hall–Kier alpha value is -3.41. The van der Waals surface area contributed by atoms with Gasteiger partial charge in [-0.1, -0.05) is 42.0 Å². The van der Waals surface area contributed by atoms with Crippen LogP contribution in [0, 0.1) is 42.4 Å². The van der Waals surface area contributed by atoms with Crippen molar-refractivity contribution in [2.45, 2.75) is 13.3 Å². The van der Waals surface area contributed by atoms with Crippen molar-refractivity contribution < 1.29 is 19.1 Å². The molecule has 6 unspecified atom stereocenters. The van der Waals surface area contributed by atoms with Gasteiger partial charge in [0.25, 0.3) is 5.91 Å². The highest BCUT2D eigenvalue weighted by atomic mass is 16.5. The van der Waals surface area contributed by atoms with E-state index in [1.807, 2.05) is 31.2 Å². The standard InChI is InChI=1S/C27H26N2O4/c1-15-7-9-16(10-8-15)28(25(30)19-5-3-4-6-22(19)33-2)14-29-26(31)23-17-11-12-18(21-13-20(17)21)24(23)27(29)32/h3-12,17-18,20-21,23-24H,13-14H2,1-2H3. The predicted molar refractivity (Wildman–Crippen MR) is 122 cm³/mol. The highest BCUT2D eigenvalue weighted by Crippen LogP contribution is 2.65. The lowest BCUT2D eigenvalue weighted by Crippen LogP contribution is -2.45. The van der Waals surface area contributed by atoms with E-state index in [0.29, 0.717) is 28.8 Å². The van der Waals surface area contributed by atoms with Crippen LogP contribution in [0.3, 0.4) is 0 Å². The summed E-state index contributed by atoms with van der Waals surface area (Å²) in [6.45, 7) is 1.88. The predicted octanol–water partition coefficient (Wildman–Crippen LogP) is 3.66. The fraction of sp³-hybridized carbons (Fsp3) is 0.370. The van der Waals surface area contributed by atoms with Crippen LogP contribution in [-0.4, -0.2) is 36.4 Å². The van der Waals surface area contributed by atoms with Crippen molar-refractivity contribution in [3.63, 3.8) is 0 Å². The summed E-state index contributed by atoms with van der Waals surface area (Å²) in [6, 6.07) is 14.6. The van der Waals surface area contributed by atoms with Gasteiger partial charge < -0.3 is 4.74 Å². The minimum Gasteiger partial charge on any atom is -0.496 e.